The van der Waals surface area contributed by atoms with Crippen LogP contribution < -0.4 is 5.73 Å². The minimum Gasteiger partial charge on any atom is -0.383 e. The van der Waals surface area contributed by atoms with Crippen molar-refractivity contribution < 1.29 is 9.53 Å². The largest absolute Gasteiger partial charge is 0.383 e. The fourth-order valence-electron chi connectivity index (χ4n) is 4.51. The summed E-state index contributed by atoms with van der Waals surface area (Å²) in [6, 6.07) is 0.247. The van der Waals surface area contributed by atoms with Gasteiger partial charge in [0.15, 0.2) is 0 Å². The second-order valence-corrected chi connectivity index (χ2v) is 7.90. The summed E-state index contributed by atoms with van der Waals surface area (Å²) in [5.41, 5.74) is 6.74. The van der Waals surface area contributed by atoms with Crippen molar-refractivity contribution in [2.75, 3.05) is 25.5 Å². The average molecular weight is 330 g/mol. The Kier molecular flexibility index (Phi) is 3.75. The molecule has 1 spiro atoms. The van der Waals surface area contributed by atoms with E-state index in [1.807, 2.05) is 4.90 Å². The number of likely N-dealkylation sites (tertiary alicyclic amines) is 1. The molecule has 2 saturated heterocycles. The fraction of sp³-hybridized carbons (Fsp3) is 0.722. The summed E-state index contributed by atoms with van der Waals surface area (Å²) in [4.78, 5) is 23.7. The number of ether oxygens (including phenoxy) is 1. The van der Waals surface area contributed by atoms with Crippen molar-refractivity contribution in [1.29, 1.82) is 0 Å². The lowest BCUT2D eigenvalue weighted by Gasteiger charge is -2.61. The van der Waals surface area contributed by atoms with Crippen LogP contribution in [0, 0.1) is 11.3 Å². The number of rotatable bonds is 3. The lowest BCUT2D eigenvalue weighted by molar-refractivity contribution is -0.127. The van der Waals surface area contributed by atoms with Crippen molar-refractivity contribution in [3.8, 4) is 0 Å². The first-order valence-electron chi connectivity index (χ1n) is 9.03. The van der Waals surface area contributed by atoms with Gasteiger partial charge in [0, 0.05) is 43.3 Å². The van der Waals surface area contributed by atoms with Gasteiger partial charge >= 0.3 is 0 Å². The molecular weight excluding hydrogens is 304 g/mol. The number of nitrogen functional groups attached to an aromatic ring is 1. The summed E-state index contributed by atoms with van der Waals surface area (Å²) in [6.07, 6.45) is 5.95. The molecule has 1 saturated carbocycles. The molecule has 1 amide bonds. The van der Waals surface area contributed by atoms with Gasteiger partial charge in [-0.25, -0.2) is 9.97 Å². The van der Waals surface area contributed by atoms with E-state index in [0.29, 0.717) is 23.2 Å². The average Bonchev–Trinajstić information content (AvgIpc) is 3.37. The fourth-order valence-corrected chi connectivity index (χ4v) is 4.51. The van der Waals surface area contributed by atoms with Crippen molar-refractivity contribution in [2.45, 2.75) is 51.5 Å². The van der Waals surface area contributed by atoms with E-state index >= 15 is 0 Å². The van der Waals surface area contributed by atoms with Crippen molar-refractivity contribution in [1.82, 2.24) is 14.9 Å². The first-order valence-corrected chi connectivity index (χ1v) is 9.03. The SMILES string of the molecule is CC(C)C1N(C(=O)c2cnc(C3CC3)nc2N)CC12CCOCC2. The monoisotopic (exact) mass is 330 g/mol. The van der Waals surface area contributed by atoms with Crippen LogP contribution in [0.15, 0.2) is 6.20 Å². The predicted octanol–water partition coefficient (Wildman–Crippen LogP) is 2.21. The number of carbonyl (C=O) groups is 1. The molecule has 3 aliphatic rings. The highest BCUT2D eigenvalue weighted by molar-refractivity contribution is 5.98. The van der Waals surface area contributed by atoms with Crippen LogP contribution in [-0.2, 0) is 4.74 Å². The van der Waals surface area contributed by atoms with E-state index in [9.17, 15) is 4.79 Å². The van der Waals surface area contributed by atoms with Crippen LogP contribution in [0.2, 0.25) is 0 Å². The van der Waals surface area contributed by atoms with E-state index in [1.54, 1.807) is 6.20 Å². The van der Waals surface area contributed by atoms with Gasteiger partial charge in [0.2, 0.25) is 0 Å². The van der Waals surface area contributed by atoms with E-state index < -0.39 is 0 Å². The van der Waals surface area contributed by atoms with Gasteiger partial charge in [0.1, 0.15) is 17.2 Å². The van der Waals surface area contributed by atoms with Crippen molar-refractivity contribution in [3.05, 3.63) is 17.6 Å². The molecule has 6 heteroatoms. The van der Waals surface area contributed by atoms with Crippen LogP contribution >= 0.6 is 0 Å². The van der Waals surface area contributed by atoms with Crippen LogP contribution in [0.1, 0.15) is 61.6 Å². The molecule has 130 valence electrons. The number of anilines is 1. The lowest BCUT2D eigenvalue weighted by Crippen LogP contribution is -2.69. The summed E-state index contributed by atoms with van der Waals surface area (Å²) in [6.45, 7) is 6.77. The van der Waals surface area contributed by atoms with Gasteiger partial charge in [0.05, 0.1) is 0 Å². The third kappa shape index (κ3) is 2.48. The maximum absolute atomic E-state index is 13.0. The molecular formula is C18H26N4O2. The Balaban J connectivity index is 1.56. The smallest absolute Gasteiger partial charge is 0.259 e. The number of carbonyl (C=O) groups excluding carboxylic acids is 1. The molecule has 0 bridgehead atoms. The zero-order valence-corrected chi connectivity index (χ0v) is 14.5. The number of nitrogens with two attached hydrogens (primary N) is 1. The number of nitrogens with zero attached hydrogens (tertiary/aromatic N) is 3. The number of hydrogen-bond acceptors (Lipinski definition) is 5. The highest BCUT2D eigenvalue weighted by Gasteiger charge is 2.55. The minimum absolute atomic E-state index is 0.0225. The second-order valence-electron chi connectivity index (χ2n) is 7.90. The Morgan fingerprint density at radius 1 is 1.38 bits per heavy atom. The standard InChI is InChI=1S/C18H26N4O2/c1-11(2)14-18(5-7-24-8-6-18)10-22(14)17(23)13-9-20-16(12-3-4-12)21-15(13)19/h9,11-12,14H,3-8,10H2,1-2H3,(H2,19,20,21). The first-order chi connectivity index (χ1) is 11.5. The second kappa shape index (κ2) is 5.69. The third-order valence-electron chi connectivity index (χ3n) is 5.84. The van der Waals surface area contributed by atoms with E-state index in [-0.39, 0.29) is 17.4 Å². The molecule has 6 nitrogen and oxygen atoms in total. The van der Waals surface area contributed by atoms with E-state index in [2.05, 4.69) is 23.8 Å². The van der Waals surface area contributed by atoms with Gasteiger partial charge in [-0.15, -0.1) is 0 Å². The molecule has 1 aliphatic carbocycles. The molecule has 2 aliphatic heterocycles. The topological polar surface area (TPSA) is 81.3 Å². The maximum atomic E-state index is 13.0. The van der Waals surface area contributed by atoms with Gasteiger partial charge in [-0.2, -0.15) is 0 Å². The molecule has 1 aromatic heterocycles. The van der Waals surface area contributed by atoms with Crippen molar-refractivity contribution in [3.63, 3.8) is 0 Å². The van der Waals surface area contributed by atoms with Gasteiger partial charge in [-0.05, 0) is 31.6 Å². The van der Waals surface area contributed by atoms with Crippen LogP contribution in [0.5, 0.6) is 0 Å². The molecule has 3 fully saturated rings. The zero-order chi connectivity index (χ0) is 16.9. The van der Waals surface area contributed by atoms with E-state index in [4.69, 9.17) is 10.5 Å². The Bertz CT molecular complexity index is 650. The summed E-state index contributed by atoms with van der Waals surface area (Å²) >= 11 is 0. The van der Waals surface area contributed by atoms with Gasteiger partial charge < -0.3 is 15.4 Å². The van der Waals surface area contributed by atoms with Crippen molar-refractivity contribution >= 4 is 11.7 Å². The molecule has 24 heavy (non-hydrogen) atoms. The van der Waals surface area contributed by atoms with Crippen molar-refractivity contribution in [2.24, 2.45) is 11.3 Å². The van der Waals surface area contributed by atoms with Gasteiger partial charge in [0.25, 0.3) is 5.91 Å². The Morgan fingerprint density at radius 2 is 2.08 bits per heavy atom. The molecule has 0 aromatic carbocycles. The summed E-state index contributed by atoms with van der Waals surface area (Å²) in [5.74, 6) is 1.94. The lowest BCUT2D eigenvalue weighted by atomic mass is 9.62. The Hall–Kier alpha value is -1.69. The third-order valence-corrected chi connectivity index (χ3v) is 5.84. The maximum Gasteiger partial charge on any atom is 0.259 e. The number of aromatic nitrogens is 2. The zero-order valence-electron chi connectivity index (χ0n) is 14.5. The van der Waals surface area contributed by atoms with E-state index in [1.165, 1.54) is 0 Å². The molecule has 2 N–H and O–H groups in total. The summed E-state index contributed by atoms with van der Waals surface area (Å²) in [5, 5.41) is 0. The number of hydrogen-bond donors (Lipinski definition) is 1. The van der Waals surface area contributed by atoms with Crippen LogP contribution in [-0.4, -0.2) is 46.6 Å². The minimum atomic E-state index is -0.0225. The van der Waals surface area contributed by atoms with Crippen LogP contribution in [0.3, 0.4) is 0 Å². The summed E-state index contributed by atoms with van der Waals surface area (Å²) in [7, 11) is 0. The van der Waals surface area contributed by atoms with Gasteiger partial charge in [-0.1, -0.05) is 13.8 Å². The molecule has 4 rings (SSSR count). The first kappa shape index (κ1) is 15.8. The highest BCUT2D eigenvalue weighted by Crippen LogP contribution is 2.49. The van der Waals surface area contributed by atoms with Crippen LogP contribution in [0.25, 0.3) is 0 Å². The summed E-state index contributed by atoms with van der Waals surface area (Å²) < 4.78 is 5.53. The van der Waals surface area contributed by atoms with Crippen LogP contribution in [0.4, 0.5) is 5.82 Å². The van der Waals surface area contributed by atoms with E-state index in [0.717, 1.165) is 51.3 Å². The molecule has 1 atom stereocenters. The molecule has 0 radical (unpaired) electrons. The normalized spacial score (nSPS) is 25.8. The van der Waals surface area contributed by atoms with Gasteiger partial charge in [-0.3, -0.25) is 4.79 Å². The quantitative estimate of drug-likeness (QED) is 0.919. The Morgan fingerprint density at radius 3 is 2.67 bits per heavy atom. The molecule has 3 heterocycles. The highest BCUT2D eigenvalue weighted by atomic mass is 16.5. The predicted molar refractivity (Wildman–Crippen MR) is 90.6 cm³/mol. The molecule has 1 aromatic rings. The Labute approximate surface area is 142 Å². The molecule has 1 unspecified atom stereocenters. The number of amides is 1.